The summed E-state index contributed by atoms with van der Waals surface area (Å²) in [5, 5.41) is 0. The first-order valence-electron chi connectivity index (χ1n) is 7.70. The highest BCUT2D eigenvalue weighted by Gasteiger charge is 2.34. The van der Waals surface area contributed by atoms with Gasteiger partial charge in [-0.1, -0.05) is 24.3 Å². The van der Waals surface area contributed by atoms with E-state index in [-0.39, 0.29) is 30.3 Å². The number of amides is 2. The second-order valence-corrected chi connectivity index (χ2v) is 6.18. The Morgan fingerprint density at radius 3 is 2.71 bits per heavy atom. The van der Waals surface area contributed by atoms with Crippen molar-refractivity contribution >= 4 is 11.8 Å². The van der Waals surface area contributed by atoms with Gasteiger partial charge in [0.2, 0.25) is 11.8 Å². The molecule has 1 aliphatic carbocycles. The first kappa shape index (κ1) is 14.1. The molecule has 0 N–H and O–H groups in total. The van der Waals surface area contributed by atoms with Crippen LogP contribution in [0.5, 0.6) is 0 Å². The highest BCUT2D eigenvalue weighted by molar-refractivity contribution is 5.87. The zero-order valence-corrected chi connectivity index (χ0v) is 12.7. The number of hydrogen-bond donors (Lipinski definition) is 0. The Morgan fingerprint density at radius 2 is 2.00 bits per heavy atom. The molecule has 1 aromatic rings. The van der Waals surface area contributed by atoms with Gasteiger partial charge in [-0.3, -0.25) is 9.59 Å². The Bertz CT molecular complexity index is 566. The molecular formula is C17H22N2O2. The number of carbonyl (C=O) groups is 2. The molecule has 0 saturated heterocycles. The Kier molecular flexibility index (Phi) is 3.70. The Balaban J connectivity index is 1.67. The van der Waals surface area contributed by atoms with Gasteiger partial charge in [-0.05, 0) is 37.3 Å². The first-order chi connectivity index (χ1) is 10.1. The van der Waals surface area contributed by atoms with Gasteiger partial charge in [0.1, 0.15) is 0 Å². The predicted molar refractivity (Wildman–Crippen MR) is 80.6 cm³/mol. The molecule has 3 rings (SSSR count). The second kappa shape index (κ2) is 5.51. The fraction of sp³-hybridized carbons (Fsp3) is 0.529. The molecule has 1 aliphatic heterocycles. The summed E-state index contributed by atoms with van der Waals surface area (Å²) in [6.45, 7) is 3.00. The summed E-state index contributed by atoms with van der Waals surface area (Å²) < 4.78 is 0. The largest absolute Gasteiger partial charge is 0.336 e. The van der Waals surface area contributed by atoms with Crippen LogP contribution in [0.2, 0.25) is 0 Å². The number of likely N-dealkylation sites (N-methyl/N-ethyl adjacent to an activating group) is 1. The average Bonchev–Trinajstić information content (AvgIpc) is 3.31. The average molecular weight is 286 g/mol. The molecule has 0 spiro atoms. The van der Waals surface area contributed by atoms with Crippen molar-refractivity contribution in [2.75, 3.05) is 20.1 Å². The van der Waals surface area contributed by atoms with Crippen LogP contribution in [0, 0.1) is 5.92 Å². The van der Waals surface area contributed by atoms with Gasteiger partial charge in [0.05, 0.1) is 12.6 Å². The van der Waals surface area contributed by atoms with Crippen LogP contribution in [0.25, 0.3) is 0 Å². The number of carbonyl (C=O) groups excluding carboxylic acids is 2. The van der Waals surface area contributed by atoms with Crippen LogP contribution in [0.15, 0.2) is 24.3 Å². The second-order valence-electron chi connectivity index (χ2n) is 6.18. The quantitative estimate of drug-likeness (QED) is 0.852. The van der Waals surface area contributed by atoms with Crippen LogP contribution in [-0.4, -0.2) is 41.8 Å². The van der Waals surface area contributed by atoms with Crippen LogP contribution in [0.3, 0.4) is 0 Å². The van der Waals surface area contributed by atoms with Gasteiger partial charge in [-0.25, -0.2) is 0 Å². The van der Waals surface area contributed by atoms with Gasteiger partial charge < -0.3 is 9.80 Å². The van der Waals surface area contributed by atoms with Gasteiger partial charge in [0, 0.05) is 19.5 Å². The van der Waals surface area contributed by atoms with E-state index in [0.717, 1.165) is 25.8 Å². The molecule has 0 aromatic heterocycles. The summed E-state index contributed by atoms with van der Waals surface area (Å²) in [5.74, 6) is 0.337. The van der Waals surface area contributed by atoms with Gasteiger partial charge in [-0.2, -0.15) is 0 Å². The maximum atomic E-state index is 12.5. The molecule has 1 fully saturated rings. The Hall–Kier alpha value is -1.84. The molecule has 1 atom stereocenters. The van der Waals surface area contributed by atoms with Crippen molar-refractivity contribution in [3.8, 4) is 0 Å². The molecule has 0 bridgehead atoms. The standard InChI is InChI=1S/C17H22N2O2/c1-12-15-6-4-3-5-13(15)9-10-19(12)16(20)11-18(2)17(21)14-7-8-14/h3-6,12,14H,7-11H2,1-2H3. The van der Waals surface area contributed by atoms with Gasteiger partial charge in [-0.15, -0.1) is 0 Å². The van der Waals surface area contributed by atoms with Crippen molar-refractivity contribution in [1.82, 2.24) is 9.80 Å². The summed E-state index contributed by atoms with van der Waals surface area (Å²) in [6, 6.07) is 8.39. The van der Waals surface area contributed by atoms with E-state index < -0.39 is 0 Å². The van der Waals surface area contributed by atoms with Crippen molar-refractivity contribution in [2.24, 2.45) is 5.92 Å². The van der Waals surface area contributed by atoms with E-state index in [9.17, 15) is 9.59 Å². The molecule has 4 heteroatoms. The zero-order chi connectivity index (χ0) is 15.0. The molecule has 112 valence electrons. The third-order valence-corrected chi connectivity index (χ3v) is 4.59. The lowest BCUT2D eigenvalue weighted by Gasteiger charge is -2.36. The van der Waals surface area contributed by atoms with Gasteiger partial charge in [0.15, 0.2) is 0 Å². The third-order valence-electron chi connectivity index (χ3n) is 4.59. The zero-order valence-electron chi connectivity index (χ0n) is 12.7. The normalized spacial score (nSPS) is 20.9. The van der Waals surface area contributed by atoms with Crippen molar-refractivity contribution in [3.63, 3.8) is 0 Å². The number of rotatable bonds is 3. The van der Waals surface area contributed by atoms with Crippen LogP contribution in [0.1, 0.15) is 36.9 Å². The van der Waals surface area contributed by atoms with E-state index in [4.69, 9.17) is 0 Å². The molecule has 1 unspecified atom stereocenters. The summed E-state index contributed by atoms with van der Waals surface area (Å²) in [7, 11) is 1.74. The fourth-order valence-electron chi connectivity index (χ4n) is 3.13. The number of hydrogen-bond acceptors (Lipinski definition) is 2. The van der Waals surface area contributed by atoms with E-state index in [0.29, 0.717) is 0 Å². The van der Waals surface area contributed by atoms with Crippen molar-refractivity contribution < 1.29 is 9.59 Å². The molecule has 4 nitrogen and oxygen atoms in total. The molecular weight excluding hydrogens is 264 g/mol. The highest BCUT2D eigenvalue weighted by atomic mass is 16.2. The summed E-state index contributed by atoms with van der Waals surface area (Å²) >= 11 is 0. The van der Waals surface area contributed by atoms with Crippen LogP contribution < -0.4 is 0 Å². The molecule has 1 aromatic carbocycles. The minimum Gasteiger partial charge on any atom is -0.336 e. The maximum absolute atomic E-state index is 12.5. The topological polar surface area (TPSA) is 40.6 Å². The van der Waals surface area contributed by atoms with Crippen molar-refractivity contribution in [2.45, 2.75) is 32.2 Å². The molecule has 1 saturated carbocycles. The molecule has 21 heavy (non-hydrogen) atoms. The van der Waals surface area contributed by atoms with E-state index in [1.807, 2.05) is 17.0 Å². The van der Waals surface area contributed by atoms with E-state index in [1.54, 1.807) is 11.9 Å². The number of fused-ring (bicyclic) bond motifs is 1. The fourth-order valence-corrected chi connectivity index (χ4v) is 3.13. The lowest BCUT2D eigenvalue weighted by atomic mass is 9.93. The monoisotopic (exact) mass is 286 g/mol. The Morgan fingerprint density at radius 1 is 1.29 bits per heavy atom. The van der Waals surface area contributed by atoms with Gasteiger partial charge >= 0.3 is 0 Å². The van der Waals surface area contributed by atoms with E-state index >= 15 is 0 Å². The minimum atomic E-state index is 0.0495. The number of benzene rings is 1. The van der Waals surface area contributed by atoms with E-state index in [2.05, 4.69) is 19.1 Å². The van der Waals surface area contributed by atoms with Crippen molar-refractivity contribution in [3.05, 3.63) is 35.4 Å². The summed E-state index contributed by atoms with van der Waals surface area (Å²) in [4.78, 5) is 28.0. The first-order valence-corrected chi connectivity index (χ1v) is 7.70. The minimum absolute atomic E-state index is 0.0495. The number of nitrogens with zero attached hydrogens (tertiary/aromatic N) is 2. The molecule has 2 amide bonds. The maximum Gasteiger partial charge on any atom is 0.242 e. The lowest BCUT2D eigenvalue weighted by molar-refractivity contribution is -0.141. The molecule has 2 aliphatic rings. The molecule has 1 heterocycles. The SMILES string of the molecule is CC1c2ccccc2CCN1C(=O)CN(C)C(=O)C1CC1. The third kappa shape index (κ3) is 2.80. The Labute approximate surface area is 125 Å². The van der Waals surface area contributed by atoms with Crippen LogP contribution >= 0.6 is 0 Å². The summed E-state index contributed by atoms with van der Waals surface area (Å²) in [5.41, 5.74) is 2.56. The van der Waals surface area contributed by atoms with E-state index in [1.165, 1.54) is 11.1 Å². The smallest absolute Gasteiger partial charge is 0.242 e. The van der Waals surface area contributed by atoms with Gasteiger partial charge in [0.25, 0.3) is 0 Å². The van der Waals surface area contributed by atoms with Crippen LogP contribution in [0.4, 0.5) is 0 Å². The molecule has 0 radical (unpaired) electrons. The predicted octanol–water partition coefficient (Wildman–Crippen LogP) is 2.00. The van der Waals surface area contributed by atoms with Crippen LogP contribution in [-0.2, 0) is 16.0 Å². The van der Waals surface area contributed by atoms with Crippen molar-refractivity contribution in [1.29, 1.82) is 0 Å². The lowest BCUT2D eigenvalue weighted by Crippen LogP contribution is -2.45. The summed E-state index contributed by atoms with van der Waals surface area (Å²) in [6.07, 6.45) is 2.85. The highest BCUT2D eigenvalue weighted by Crippen LogP contribution is 2.31.